The monoisotopic (exact) mass is 526 g/mol. The van der Waals surface area contributed by atoms with E-state index in [9.17, 15) is 22.8 Å². The number of benzene rings is 1. The van der Waals surface area contributed by atoms with E-state index in [0.29, 0.717) is 36.4 Å². The lowest BCUT2D eigenvalue weighted by Gasteiger charge is -2.28. The molecular formula is C27H34N4O5S. The van der Waals surface area contributed by atoms with Crippen LogP contribution in [0.25, 0.3) is 0 Å². The smallest absolute Gasteiger partial charge is 0.251 e. The van der Waals surface area contributed by atoms with Crippen molar-refractivity contribution in [1.29, 1.82) is 0 Å². The van der Waals surface area contributed by atoms with Gasteiger partial charge in [0, 0.05) is 18.3 Å². The Kier molecular flexibility index (Phi) is 8.08. The molecule has 3 atom stereocenters. The van der Waals surface area contributed by atoms with Crippen molar-refractivity contribution in [2.45, 2.75) is 69.8 Å². The highest BCUT2D eigenvalue weighted by Crippen LogP contribution is 2.33. The van der Waals surface area contributed by atoms with Crippen LogP contribution in [0.3, 0.4) is 0 Å². The van der Waals surface area contributed by atoms with Gasteiger partial charge in [0.2, 0.25) is 15.9 Å². The first kappa shape index (κ1) is 26.9. The fraction of sp³-hybridized carbons (Fsp3) is 0.481. The Morgan fingerprint density at radius 3 is 2.49 bits per heavy atom. The van der Waals surface area contributed by atoms with Crippen molar-refractivity contribution in [2.75, 3.05) is 13.1 Å². The number of rotatable bonds is 9. The third-order valence-electron chi connectivity index (χ3n) is 7.09. The van der Waals surface area contributed by atoms with Crippen molar-refractivity contribution in [3.05, 3.63) is 65.5 Å². The van der Waals surface area contributed by atoms with Gasteiger partial charge in [0.1, 0.15) is 17.8 Å². The first-order valence-electron chi connectivity index (χ1n) is 12.8. The zero-order valence-corrected chi connectivity index (χ0v) is 22.3. The molecule has 2 aromatic rings. The average Bonchev–Trinajstić information content (AvgIpc) is 3.45. The molecule has 2 fully saturated rings. The van der Waals surface area contributed by atoms with E-state index in [-0.39, 0.29) is 36.4 Å². The van der Waals surface area contributed by atoms with Gasteiger partial charge >= 0.3 is 0 Å². The molecule has 2 amide bonds. The van der Waals surface area contributed by atoms with Crippen molar-refractivity contribution in [2.24, 2.45) is 0 Å². The molecule has 9 nitrogen and oxygen atoms in total. The first-order chi connectivity index (χ1) is 17.6. The van der Waals surface area contributed by atoms with E-state index in [2.05, 4.69) is 24.1 Å². The lowest BCUT2D eigenvalue weighted by atomic mass is 10.0. The van der Waals surface area contributed by atoms with Crippen molar-refractivity contribution < 1.29 is 22.8 Å². The highest BCUT2D eigenvalue weighted by molar-refractivity contribution is 7.88. The molecule has 1 aromatic carbocycles. The molecule has 10 heteroatoms. The van der Waals surface area contributed by atoms with Gasteiger partial charge in [-0.15, -0.1) is 0 Å². The molecule has 1 N–H and O–H groups in total. The maximum Gasteiger partial charge on any atom is 0.251 e. The van der Waals surface area contributed by atoms with Gasteiger partial charge in [0.25, 0.3) is 5.91 Å². The Bertz CT molecular complexity index is 1250. The minimum Gasteiger partial charge on any atom is -0.340 e. The normalized spacial score (nSPS) is 20.8. The lowest BCUT2D eigenvalue weighted by molar-refractivity contribution is -0.138. The van der Waals surface area contributed by atoms with Gasteiger partial charge in [0.15, 0.2) is 5.78 Å². The molecule has 2 aliphatic heterocycles. The Morgan fingerprint density at radius 2 is 1.86 bits per heavy atom. The number of carbonyl (C=O) groups excluding carboxylic acids is 3. The van der Waals surface area contributed by atoms with Crippen LogP contribution in [0.1, 0.15) is 67.6 Å². The summed E-state index contributed by atoms with van der Waals surface area (Å²) < 4.78 is 27.5. The topological polar surface area (TPSA) is 117 Å². The highest BCUT2D eigenvalue weighted by Gasteiger charge is 2.54. The predicted octanol–water partition coefficient (Wildman–Crippen LogP) is 2.49. The molecule has 0 aliphatic carbocycles. The summed E-state index contributed by atoms with van der Waals surface area (Å²) >= 11 is 0. The number of aromatic nitrogens is 1. The van der Waals surface area contributed by atoms with Gasteiger partial charge in [-0.2, -0.15) is 4.31 Å². The van der Waals surface area contributed by atoms with E-state index < -0.39 is 28.1 Å². The molecule has 198 valence electrons. The van der Waals surface area contributed by atoms with Crippen LogP contribution in [0.5, 0.6) is 0 Å². The molecule has 3 heterocycles. The summed E-state index contributed by atoms with van der Waals surface area (Å²) in [5.74, 6) is -0.964. The average molecular weight is 527 g/mol. The van der Waals surface area contributed by atoms with E-state index in [1.807, 2.05) is 19.1 Å². The van der Waals surface area contributed by atoms with Crippen molar-refractivity contribution in [3.8, 4) is 0 Å². The highest BCUT2D eigenvalue weighted by atomic mass is 32.2. The van der Waals surface area contributed by atoms with Gasteiger partial charge in [0.05, 0.1) is 18.3 Å². The summed E-state index contributed by atoms with van der Waals surface area (Å²) in [5, 5.41) is 2.85. The molecular weight excluding hydrogens is 492 g/mol. The summed E-state index contributed by atoms with van der Waals surface area (Å²) in [4.78, 5) is 45.0. The summed E-state index contributed by atoms with van der Waals surface area (Å²) in [5.41, 5.74) is 1.97. The Hall–Kier alpha value is -3.11. The second-order valence-corrected chi connectivity index (χ2v) is 11.9. The van der Waals surface area contributed by atoms with E-state index in [1.54, 1.807) is 30.3 Å². The standard InChI is InChI=1S/C27H34N4O5S/c1-4-7-22(29-26(33)20-11-9-19(10-12-20)18(2)3)27(34)30-15-13-23-25(30)24(32)16-31(23)37(35,36)17-21-8-5-6-14-28-21/h5-6,8-12,14,18,22-23,25H,4,7,13,15-17H2,1-3H3,(H,29,33). The van der Waals surface area contributed by atoms with Crippen molar-refractivity contribution in [1.82, 2.24) is 19.5 Å². The van der Waals surface area contributed by atoms with E-state index in [0.717, 1.165) is 5.56 Å². The van der Waals surface area contributed by atoms with Gasteiger partial charge < -0.3 is 10.2 Å². The number of amides is 2. The summed E-state index contributed by atoms with van der Waals surface area (Å²) in [6.45, 7) is 6.06. The minimum atomic E-state index is -3.80. The molecule has 0 saturated carbocycles. The van der Waals surface area contributed by atoms with Crippen molar-refractivity contribution in [3.63, 3.8) is 0 Å². The maximum atomic E-state index is 13.6. The summed E-state index contributed by atoms with van der Waals surface area (Å²) in [6, 6.07) is 10.1. The van der Waals surface area contributed by atoms with Gasteiger partial charge in [-0.3, -0.25) is 19.4 Å². The van der Waals surface area contributed by atoms with E-state index in [4.69, 9.17) is 0 Å². The predicted molar refractivity (Wildman–Crippen MR) is 139 cm³/mol. The van der Waals surface area contributed by atoms with Crippen LogP contribution in [0.15, 0.2) is 48.7 Å². The quantitative estimate of drug-likeness (QED) is 0.537. The van der Waals surface area contributed by atoms with E-state index >= 15 is 0 Å². The first-order valence-corrected chi connectivity index (χ1v) is 14.4. The number of ketones is 1. The molecule has 4 rings (SSSR count). The van der Waals surface area contributed by atoms with Gasteiger partial charge in [-0.25, -0.2) is 8.42 Å². The number of hydrogen-bond acceptors (Lipinski definition) is 6. The molecule has 0 radical (unpaired) electrons. The fourth-order valence-electron chi connectivity index (χ4n) is 5.14. The second kappa shape index (κ2) is 11.1. The lowest BCUT2D eigenvalue weighted by Crippen LogP contribution is -2.52. The number of sulfonamides is 1. The zero-order valence-electron chi connectivity index (χ0n) is 21.5. The van der Waals surface area contributed by atoms with Gasteiger partial charge in [-0.05, 0) is 48.6 Å². The minimum absolute atomic E-state index is 0.259. The van der Waals surface area contributed by atoms with E-state index in [1.165, 1.54) is 15.4 Å². The largest absolute Gasteiger partial charge is 0.340 e. The summed E-state index contributed by atoms with van der Waals surface area (Å²) in [6.07, 6.45) is 2.97. The third-order valence-corrected chi connectivity index (χ3v) is 8.87. The molecule has 37 heavy (non-hydrogen) atoms. The fourth-order valence-corrected chi connectivity index (χ4v) is 6.81. The number of pyridine rings is 1. The Morgan fingerprint density at radius 1 is 1.14 bits per heavy atom. The maximum absolute atomic E-state index is 13.6. The van der Waals surface area contributed by atoms with Crippen LogP contribution in [-0.4, -0.2) is 71.4 Å². The van der Waals surface area contributed by atoms with Crippen LogP contribution in [0, 0.1) is 0 Å². The number of likely N-dealkylation sites (tertiary alicyclic amines) is 1. The van der Waals surface area contributed by atoms with Gasteiger partial charge in [-0.1, -0.05) is 45.4 Å². The van der Waals surface area contributed by atoms with Crippen LogP contribution >= 0.6 is 0 Å². The molecule has 2 saturated heterocycles. The number of Topliss-reactive ketones (excluding diaryl/α,β-unsaturated/α-hetero) is 1. The molecule has 1 aromatic heterocycles. The third kappa shape index (κ3) is 5.75. The number of nitrogens with one attached hydrogen (secondary N) is 1. The Labute approximate surface area is 218 Å². The number of carbonyl (C=O) groups is 3. The number of fused-ring (bicyclic) bond motifs is 1. The second-order valence-electron chi connectivity index (χ2n) is 10.0. The van der Waals surface area contributed by atoms with Crippen LogP contribution in [0.2, 0.25) is 0 Å². The Balaban J connectivity index is 1.47. The van der Waals surface area contributed by atoms with Crippen LogP contribution in [-0.2, 0) is 25.4 Å². The molecule has 2 aliphatic rings. The zero-order chi connectivity index (χ0) is 26.7. The molecule has 3 unspecified atom stereocenters. The van der Waals surface area contributed by atoms with Crippen molar-refractivity contribution >= 4 is 27.6 Å². The molecule has 0 spiro atoms. The summed E-state index contributed by atoms with van der Waals surface area (Å²) in [7, 11) is -3.80. The SMILES string of the molecule is CCCC(NC(=O)c1ccc(C(C)C)cc1)C(=O)N1CCC2C1C(=O)CN2S(=O)(=O)Cc1ccccn1. The van der Waals surface area contributed by atoms with Crippen LogP contribution < -0.4 is 5.32 Å². The van der Waals surface area contributed by atoms with Crippen LogP contribution in [0.4, 0.5) is 0 Å². The number of nitrogens with zero attached hydrogens (tertiary/aromatic N) is 3. The number of hydrogen-bond donors (Lipinski definition) is 1. The molecule has 0 bridgehead atoms.